The van der Waals surface area contributed by atoms with Gasteiger partial charge in [-0.05, 0) is 36.3 Å². The Morgan fingerprint density at radius 2 is 1.82 bits per heavy atom. The Kier molecular flexibility index (Phi) is 3.94. The van der Waals surface area contributed by atoms with Crippen LogP contribution < -0.4 is 5.73 Å². The fraction of sp³-hybridized carbons (Fsp3) is 0.733. The van der Waals surface area contributed by atoms with E-state index in [2.05, 4.69) is 32.9 Å². The van der Waals surface area contributed by atoms with E-state index in [0.717, 1.165) is 5.92 Å². The standard InChI is InChI=1S/C15H25NS/c1-15(2,3)13-10-9-12(17-13)14(16)11-7-5-4-6-8-11/h9-11,14H,4-8,16H2,1-3H3. The molecular formula is C15H25NS. The van der Waals surface area contributed by atoms with Gasteiger partial charge in [0, 0.05) is 15.8 Å². The van der Waals surface area contributed by atoms with Crippen molar-refractivity contribution in [3.63, 3.8) is 0 Å². The highest BCUT2D eigenvalue weighted by Gasteiger charge is 2.24. The predicted octanol–water partition coefficient (Wildman–Crippen LogP) is 4.63. The lowest BCUT2D eigenvalue weighted by atomic mass is 9.84. The zero-order chi connectivity index (χ0) is 12.5. The van der Waals surface area contributed by atoms with Gasteiger partial charge in [0.2, 0.25) is 0 Å². The van der Waals surface area contributed by atoms with Gasteiger partial charge in [0.05, 0.1) is 0 Å². The van der Waals surface area contributed by atoms with Crippen molar-refractivity contribution >= 4 is 11.3 Å². The summed E-state index contributed by atoms with van der Waals surface area (Å²) in [6.45, 7) is 6.82. The summed E-state index contributed by atoms with van der Waals surface area (Å²) in [5.74, 6) is 0.718. The minimum atomic E-state index is 0.259. The molecule has 1 nitrogen and oxygen atoms in total. The smallest absolute Gasteiger partial charge is 0.0418 e. The summed E-state index contributed by atoms with van der Waals surface area (Å²) in [6, 6.07) is 4.80. The monoisotopic (exact) mass is 251 g/mol. The molecule has 1 saturated carbocycles. The van der Waals surface area contributed by atoms with Crippen molar-refractivity contribution in [3.8, 4) is 0 Å². The summed E-state index contributed by atoms with van der Waals surface area (Å²) < 4.78 is 0. The topological polar surface area (TPSA) is 26.0 Å². The van der Waals surface area contributed by atoms with E-state index in [1.807, 2.05) is 11.3 Å². The lowest BCUT2D eigenvalue weighted by Gasteiger charge is -2.26. The third-order valence-electron chi connectivity index (χ3n) is 3.85. The molecule has 96 valence electrons. The van der Waals surface area contributed by atoms with Gasteiger partial charge in [-0.1, -0.05) is 40.0 Å². The molecule has 17 heavy (non-hydrogen) atoms. The van der Waals surface area contributed by atoms with Gasteiger partial charge in [0.15, 0.2) is 0 Å². The molecule has 1 aromatic heterocycles. The van der Waals surface area contributed by atoms with Gasteiger partial charge < -0.3 is 5.73 Å². The first-order chi connectivity index (χ1) is 7.98. The first-order valence-electron chi connectivity index (χ1n) is 6.84. The summed E-state index contributed by atoms with van der Waals surface area (Å²) in [5, 5.41) is 0. The van der Waals surface area contributed by atoms with Crippen LogP contribution in [0.2, 0.25) is 0 Å². The molecule has 0 radical (unpaired) electrons. The van der Waals surface area contributed by atoms with Crippen molar-refractivity contribution in [2.75, 3.05) is 0 Å². The summed E-state index contributed by atoms with van der Waals surface area (Å²) in [4.78, 5) is 2.85. The second-order valence-corrected chi connectivity index (χ2v) is 7.49. The fourth-order valence-corrected chi connectivity index (χ4v) is 3.82. The Morgan fingerprint density at radius 3 is 2.35 bits per heavy atom. The maximum atomic E-state index is 6.44. The number of hydrogen-bond donors (Lipinski definition) is 1. The van der Waals surface area contributed by atoms with Gasteiger partial charge in [-0.15, -0.1) is 11.3 Å². The molecule has 0 aromatic carbocycles. The first-order valence-corrected chi connectivity index (χ1v) is 7.66. The van der Waals surface area contributed by atoms with Gasteiger partial charge in [-0.3, -0.25) is 0 Å². The summed E-state index contributed by atoms with van der Waals surface area (Å²) in [7, 11) is 0. The lowest BCUT2D eigenvalue weighted by molar-refractivity contribution is 0.311. The van der Waals surface area contributed by atoms with Crippen molar-refractivity contribution in [2.45, 2.75) is 64.3 Å². The Balaban J connectivity index is 2.08. The quantitative estimate of drug-likeness (QED) is 0.815. The lowest BCUT2D eigenvalue weighted by Crippen LogP contribution is -2.22. The van der Waals surface area contributed by atoms with E-state index in [0.29, 0.717) is 0 Å². The molecule has 1 aliphatic rings. The van der Waals surface area contributed by atoms with Crippen molar-refractivity contribution in [1.82, 2.24) is 0 Å². The third kappa shape index (κ3) is 3.11. The number of nitrogens with two attached hydrogens (primary N) is 1. The highest BCUT2D eigenvalue weighted by atomic mass is 32.1. The molecule has 1 unspecified atom stereocenters. The summed E-state index contributed by atoms with van der Waals surface area (Å²) >= 11 is 1.92. The van der Waals surface area contributed by atoms with E-state index in [1.165, 1.54) is 41.9 Å². The molecular weight excluding hydrogens is 226 g/mol. The highest BCUT2D eigenvalue weighted by Crippen LogP contribution is 2.38. The molecule has 1 fully saturated rings. The van der Waals surface area contributed by atoms with E-state index < -0.39 is 0 Å². The van der Waals surface area contributed by atoms with E-state index in [-0.39, 0.29) is 11.5 Å². The van der Waals surface area contributed by atoms with Crippen molar-refractivity contribution in [2.24, 2.45) is 11.7 Å². The average molecular weight is 251 g/mol. The fourth-order valence-electron chi connectivity index (χ4n) is 2.66. The van der Waals surface area contributed by atoms with Crippen LogP contribution in [-0.2, 0) is 5.41 Å². The molecule has 2 N–H and O–H groups in total. The molecule has 1 aliphatic carbocycles. The van der Waals surface area contributed by atoms with Gasteiger partial charge in [0.25, 0.3) is 0 Å². The second-order valence-electron chi connectivity index (χ2n) is 6.38. The molecule has 0 spiro atoms. The zero-order valence-electron chi connectivity index (χ0n) is 11.3. The Labute approximate surface area is 109 Å². The summed E-state index contributed by atoms with van der Waals surface area (Å²) in [6.07, 6.45) is 6.79. The molecule has 0 saturated heterocycles. The van der Waals surface area contributed by atoms with Crippen LogP contribution in [0.15, 0.2) is 12.1 Å². The minimum absolute atomic E-state index is 0.259. The maximum absolute atomic E-state index is 6.44. The molecule has 0 amide bonds. The van der Waals surface area contributed by atoms with E-state index >= 15 is 0 Å². The van der Waals surface area contributed by atoms with Crippen LogP contribution in [0.4, 0.5) is 0 Å². The van der Waals surface area contributed by atoms with Crippen molar-refractivity contribution in [3.05, 3.63) is 21.9 Å². The van der Waals surface area contributed by atoms with Crippen LogP contribution in [0.25, 0.3) is 0 Å². The van der Waals surface area contributed by atoms with Crippen molar-refractivity contribution < 1.29 is 0 Å². The first kappa shape index (κ1) is 13.1. The molecule has 0 aliphatic heterocycles. The highest BCUT2D eigenvalue weighted by molar-refractivity contribution is 7.12. The van der Waals surface area contributed by atoms with Gasteiger partial charge in [-0.25, -0.2) is 0 Å². The van der Waals surface area contributed by atoms with Gasteiger partial charge in [0.1, 0.15) is 0 Å². The van der Waals surface area contributed by atoms with Gasteiger partial charge in [-0.2, -0.15) is 0 Å². The normalized spacial score (nSPS) is 20.5. The average Bonchev–Trinajstić information content (AvgIpc) is 2.78. The molecule has 2 rings (SSSR count). The third-order valence-corrected chi connectivity index (χ3v) is 5.46. The van der Waals surface area contributed by atoms with E-state index in [4.69, 9.17) is 5.73 Å². The predicted molar refractivity (Wildman–Crippen MR) is 76.5 cm³/mol. The van der Waals surface area contributed by atoms with E-state index in [1.54, 1.807) is 0 Å². The van der Waals surface area contributed by atoms with Crippen LogP contribution in [0, 0.1) is 5.92 Å². The minimum Gasteiger partial charge on any atom is -0.323 e. The molecule has 2 heteroatoms. The van der Waals surface area contributed by atoms with Crippen LogP contribution in [0.3, 0.4) is 0 Å². The largest absolute Gasteiger partial charge is 0.323 e. The Bertz CT molecular complexity index is 355. The van der Waals surface area contributed by atoms with E-state index in [9.17, 15) is 0 Å². The molecule has 1 atom stereocenters. The van der Waals surface area contributed by atoms with Crippen LogP contribution >= 0.6 is 11.3 Å². The SMILES string of the molecule is CC(C)(C)c1ccc(C(N)C2CCCCC2)s1. The zero-order valence-corrected chi connectivity index (χ0v) is 12.1. The Hall–Kier alpha value is -0.340. The molecule has 1 aromatic rings. The molecule has 0 bridgehead atoms. The second kappa shape index (κ2) is 5.11. The Morgan fingerprint density at radius 1 is 1.18 bits per heavy atom. The van der Waals surface area contributed by atoms with Gasteiger partial charge >= 0.3 is 0 Å². The van der Waals surface area contributed by atoms with Crippen LogP contribution in [-0.4, -0.2) is 0 Å². The number of thiophene rings is 1. The van der Waals surface area contributed by atoms with Crippen LogP contribution in [0.1, 0.15) is 68.7 Å². The molecule has 1 heterocycles. The van der Waals surface area contributed by atoms with Crippen LogP contribution in [0.5, 0.6) is 0 Å². The maximum Gasteiger partial charge on any atom is 0.0418 e. The number of hydrogen-bond acceptors (Lipinski definition) is 2. The summed E-state index contributed by atoms with van der Waals surface area (Å²) in [5.41, 5.74) is 6.70. The van der Waals surface area contributed by atoms with Crippen molar-refractivity contribution in [1.29, 1.82) is 0 Å². The number of rotatable bonds is 2.